The van der Waals surface area contributed by atoms with Crippen LogP contribution in [0.3, 0.4) is 0 Å². The maximum Gasteiger partial charge on any atom is 0.248 e. The molecule has 0 aromatic heterocycles. The second-order valence-electron chi connectivity index (χ2n) is 6.84. The topological polar surface area (TPSA) is 12.0 Å². The first kappa shape index (κ1) is 15.0. The van der Waals surface area contributed by atoms with Crippen LogP contribution in [0.1, 0.15) is 56.4 Å². The Balaban J connectivity index is 1.56. The molecule has 3 atom stereocenters. The lowest BCUT2D eigenvalue weighted by Gasteiger charge is -2.35. The second kappa shape index (κ2) is 6.43. The molecule has 1 N–H and O–H groups in total. The maximum absolute atomic E-state index is 13.5. The average molecular weight is 293 g/mol. The molecule has 116 valence electrons. The Hall–Kier alpha value is -0.960. The van der Waals surface area contributed by atoms with Gasteiger partial charge in [0, 0.05) is 18.9 Å². The summed E-state index contributed by atoms with van der Waals surface area (Å²) in [6.07, 6.45) is 5.01. The summed E-state index contributed by atoms with van der Waals surface area (Å²) in [6.45, 7) is 1.01. The number of hydrogen-bond donors (Lipinski definition) is 1. The summed E-state index contributed by atoms with van der Waals surface area (Å²) < 4.78 is 27.1. The van der Waals surface area contributed by atoms with Crippen molar-refractivity contribution in [3.8, 4) is 0 Å². The fourth-order valence-corrected chi connectivity index (χ4v) is 4.09. The molecular formula is C18H25F2N. The van der Waals surface area contributed by atoms with Gasteiger partial charge >= 0.3 is 0 Å². The minimum absolute atomic E-state index is 0.0915. The molecule has 1 saturated carbocycles. The Kier molecular flexibility index (Phi) is 4.58. The largest absolute Gasteiger partial charge is 0.314 e. The van der Waals surface area contributed by atoms with Crippen molar-refractivity contribution in [3.63, 3.8) is 0 Å². The molecule has 3 unspecified atom stereocenters. The molecule has 21 heavy (non-hydrogen) atoms. The summed E-state index contributed by atoms with van der Waals surface area (Å²) in [5.74, 6) is -1.64. The van der Waals surface area contributed by atoms with E-state index < -0.39 is 5.92 Å². The first-order chi connectivity index (χ1) is 10.1. The van der Waals surface area contributed by atoms with Crippen molar-refractivity contribution in [1.82, 2.24) is 5.32 Å². The van der Waals surface area contributed by atoms with Crippen LogP contribution in [-0.4, -0.2) is 18.5 Å². The molecule has 0 bridgehead atoms. The lowest BCUT2D eigenvalue weighted by Crippen LogP contribution is -2.40. The Bertz CT molecular complexity index is 446. The van der Waals surface area contributed by atoms with E-state index in [4.69, 9.17) is 0 Å². The van der Waals surface area contributed by atoms with Crippen molar-refractivity contribution in [2.75, 3.05) is 6.54 Å². The molecule has 0 spiro atoms. The highest BCUT2D eigenvalue weighted by atomic mass is 19.3. The van der Waals surface area contributed by atoms with Crippen LogP contribution in [0.4, 0.5) is 8.78 Å². The number of benzene rings is 1. The molecule has 1 aliphatic carbocycles. The van der Waals surface area contributed by atoms with E-state index in [2.05, 4.69) is 29.6 Å². The molecule has 3 heteroatoms. The van der Waals surface area contributed by atoms with Gasteiger partial charge in [0.2, 0.25) is 5.92 Å². The van der Waals surface area contributed by atoms with Crippen molar-refractivity contribution in [2.24, 2.45) is 5.92 Å². The van der Waals surface area contributed by atoms with E-state index in [0.29, 0.717) is 18.4 Å². The Morgan fingerprint density at radius 1 is 1.14 bits per heavy atom. The fourth-order valence-electron chi connectivity index (χ4n) is 4.09. The van der Waals surface area contributed by atoms with Gasteiger partial charge in [0.1, 0.15) is 0 Å². The SMILES string of the molecule is FC1(F)CCCC(CC2CC(c3ccccc3)CCN2)C1. The first-order valence-electron chi connectivity index (χ1n) is 8.28. The number of alkyl halides is 2. The standard InChI is InChI=1S/C18H25F2N/c19-18(20)9-4-5-14(13-18)11-17-12-16(8-10-21-17)15-6-2-1-3-7-15/h1-3,6-7,14,16-17,21H,4-5,8-13H2. The predicted molar refractivity (Wildman–Crippen MR) is 81.7 cm³/mol. The van der Waals surface area contributed by atoms with Crippen LogP contribution in [0.5, 0.6) is 0 Å². The van der Waals surface area contributed by atoms with Crippen molar-refractivity contribution in [2.45, 2.75) is 62.8 Å². The van der Waals surface area contributed by atoms with Crippen molar-refractivity contribution >= 4 is 0 Å². The zero-order valence-electron chi connectivity index (χ0n) is 12.5. The molecule has 2 aliphatic rings. The third kappa shape index (κ3) is 4.03. The normalized spacial score (nSPS) is 32.8. The summed E-state index contributed by atoms with van der Waals surface area (Å²) in [6, 6.07) is 11.0. The van der Waals surface area contributed by atoms with Crippen LogP contribution in [0.15, 0.2) is 30.3 Å². The van der Waals surface area contributed by atoms with Crippen LogP contribution in [-0.2, 0) is 0 Å². The highest BCUT2D eigenvalue weighted by molar-refractivity contribution is 5.20. The summed E-state index contributed by atoms with van der Waals surface area (Å²) >= 11 is 0. The van der Waals surface area contributed by atoms with Gasteiger partial charge in [-0.15, -0.1) is 0 Å². The van der Waals surface area contributed by atoms with E-state index in [1.807, 2.05) is 6.07 Å². The number of halogens is 2. The van der Waals surface area contributed by atoms with Crippen LogP contribution in [0.25, 0.3) is 0 Å². The van der Waals surface area contributed by atoms with Gasteiger partial charge in [-0.3, -0.25) is 0 Å². The number of hydrogen-bond acceptors (Lipinski definition) is 1. The van der Waals surface area contributed by atoms with Crippen LogP contribution in [0, 0.1) is 5.92 Å². The Morgan fingerprint density at radius 3 is 2.71 bits per heavy atom. The van der Waals surface area contributed by atoms with Gasteiger partial charge in [-0.2, -0.15) is 0 Å². The van der Waals surface area contributed by atoms with E-state index in [9.17, 15) is 8.78 Å². The minimum Gasteiger partial charge on any atom is -0.314 e. The molecule has 1 aromatic carbocycles. The lowest BCUT2D eigenvalue weighted by molar-refractivity contribution is -0.0551. The number of nitrogens with one attached hydrogen (secondary N) is 1. The zero-order valence-corrected chi connectivity index (χ0v) is 12.5. The molecule has 1 heterocycles. The van der Waals surface area contributed by atoms with Gasteiger partial charge in [0.25, 0.3) is 0 Å². The molecule has 1 aromatic rings. The van der Waals surface area contributed by atoms with E-state index in [0.717, 1.165) is 32.2 Å². The third-order valence-corrected chi connectivity index (χ3v) is 5.13. The number of piperidine rings is 1. The molecular weight excluding hydrogens is 268 g/mol. The molecule has 1 saturated heterocycles. The van der Waals surface area contributed by atoms with E-state index in [1.165, 1.54) is 5.56 Å². The summed E-state index contributed by atoms with van der Waals surface area (Å²) in [4.78, 5) is 0. The highest BCUT2D eigenvalue weighted by Crippen LogP contribution is 2.40. The van der Waals surface area contributed by atoms with Crippen molar-refractivity contribution in [1.29, 1.82) is 0 Å². The molecule has 0 radical (unpaired) electrons. The molecule has 0 amide bonds. The van der Waals surface area contributed by atoms with Gasteiger partial charge in [-0.1, -0.05) is 30.3 Å². The fraction of sp³-hybridized carbons (Fsp3) is 0.667. The van der Waals surface area contributed by atoms with E-state index in [1.54, 1.807) is 0 Å². The van der Waals surface area contributed by atoms with Gasteiger partial charge in [-0.25, -0.2) is 8.78 Å². The molecule has 1 aliphatic heterocycles. The molecule has 3 rings (SSSR count). The van der Waals surface area contributed by atoms with Gasteiger partial charge in [-0.05, 0) is 56.0 Å². The monoisotopic (exact) mass is 293 g/mol. The number of rotatable bonds is 3. The smallest absolute Gasteiger partial charge is 0.248 e. The van der Waals surface area contributed by atoms with E-state index in [-0.39, 0.29) is 18.8 Å². The second-order valence-corrected chi connectivity index (χ2v) is 6.84. The van der Waals surface area contributed by atoms with Crippen molar-refractivity contribution in [3.05, 3.63) is 35.9 Å². The predicted octanol–water partition coefficient (Wildman–Crippen LogP) is 4.74. The van der Waals surface area contributed by atoms with Crippen molar-refractivity contribution < 1.29 is 8.78 Å². The van der Waals surface area contributed by atoms with Crippen LogP contribution >= 0.6 is 0 Å². The first-order valence-corrected chi connectivity index (χ1v) is 8.28. The van der Waals surface area contributed by atoms with Crippen LogP contribution in [0.2, 0.25) is 0 Å². The molecule has 1 nitrogen and oxygen atoms in total. The van der Waals surface area contributed by atoms with Gasteiger partial charge in [0.05, 0.1) is 0 Å². The minimum atomic E-state index is -2.42. The van der Waals surface area contributed by atoms with Gasteiger partial charge in [0.15, 0.2) is 0 Å². The van der Waals surface area contributed by atoms with E-state index >= 15 is 0 Å². The maximum atomic E-state index is 13.5. The Morgan fingerprint density at radius 2 is 1.95 bits per heavy atom. The Labute approximate surface area is 126 Å². The summed E-state index contributed by atoms with van der Waals surface area (Å²) in [5.41, 5.74) is 1.40. The summed E-state index contributed by atoms with van der Waals surface area (Å²) in [7, 11) is 0. The van der Waals surface area contributed by atoms with Crippen LogP contribution < -0.4 is 5.32 Å². The summed E-state index contributed by atoms with van der Waals surface area (Å²) in [5, 5.41) is 3.55. The zero-order chi connectivity index (χ0) is 14.7. The molecule has 2 fully saturated rings. The third-order valence-electron chi connectivity index (χ3n) is 5.13. The lowest BCUT2D eigenvalue weighted by atomic mass is 9.78. The van der Waals surface area contributed by atoms with Gasteiger partial charge < -0.3 is 5.32 Å². The quantitative estimate of drug-likeness (QED) is 0.849. The highest BCUT2D eigenvalue weighted by Gasteiger charge is 2.37. The average Bonchev–Trinajstić information content (AvgIpc) is 2.47.